The molecule has 112 valence electrons. The number of methoxy groups -OCH3 is 1. The average Bonchev–Trinajstić information content (AvgIpc) is 2.49. The molecular formula is C14H22N2O4. The Bertz CT molecular complexity index is 425. The van der Waals surface area contributed by atoms with Gasteiger partial charge in [0.25, 0.3) is 0 Å². The summed E-state index contributed by atoms with van der Waals surface area (Å²) < 4.78 is 5.07. The highest BCUT2D eigenvalue weighted by molar-refractivity contribution is 5.92. The van der Waals surface area contributed by atoms with Crippen molar-refractivity contribution < 1.29 is 19.7 Å². The van der Waals surface area contributed by atoms with E-state index in [9.17, 15) is 15.0 Å². The monoisotopic (exact) mass is 282 g/mol. The summed E-state index contributed by atoms with van der Waals surface area (Å²) in [4.78, 5) is 11.8. The molecule has 6 heteroatoms. The summed E-state index contributed by atoms with van der Waals surface area (Å²) in [6.07, 6.45) is 0.520. The molecule has 20 heavy (non-hydrogen) atoms. The normalized spacial score (nSPS) is 11.2. The lowest BCUT2D eigenvalue weighted by atomic mass is 9.98. The van der Waals surface area contributed by atoms with Crippen LogP contribution in [0.4, 0.5) is 5.69 Å². The van der Waals surface area contributed by atoms with Crippen molar-refractivity contribution in [2.24, 2.45) is 0 Å². The quantitative estimate of drug-likeness (QED) is 0.552. The highest BCUT2D eigenvalue weighted by Gasteiger charge is 2.26. The van der Waals surface area contributed by atoms with Crippen LogP contribution >= 0.6 is 0 Å². The number of benzene rings is 1. The highest BCUT2D eigenvalue weighted by atomic mass is 16.5. The molecule has 0 saturated carbocycles. The summed E-state index contributed by atoms with van der Waals surface area (Å²) in [5.41, 5.74) is -0.197. The molecule has 0 atom stereocenters. The van der Waals surface area contributed by atoms with Gasteiger partial charge >= 0.3 is 0 Å². The van der Waals surface area contributed by atoms with Crippen molar-refractivity contribution in [1.82, 2.24) is 5.32 Å². The minimum atomic E-state index is -0.828. The summed E-state index contributed by atoms with van der Waals surface area (Å²) >= 11 is 0. The second-order valence-corrected chi connectivity index (χ2v) is 4.58. The van der Waals surface area contributed by atoms with Crippen LogP contribution in [0.25, 0.3) is 0 Å². The standard InChI is InChI=1S/C14H22N2O4/c1-3-14(9-17,10-18)15-8-13(19)16-11-5-4-6-12(7-11)20-2/h4-7,15,17-18H,3,8-10H2,1-2H3,(H,16,19). The molecule has 1 amide bonds. The predicted octanol–water partition coefficient (Wildman–Crippen LogP) is 0.357. The van der Waals surface area contributed by atoms with Gasteiger partial charge in [0.05, 0.1) is 32.4 Å². The minimum absolute atomic E-state index is 0.00612. The van der Waals surface area contributed by atoms with E-state index in [1.807, 2.05) is 6.92 Å². The molecule has 0 spiro atoms. The fourth-order valence-electron chi connectivity index (χ4n) is 1.68. The zero-order chi connectivity index (χ0) is 15.0. The van der Waals surface area contributed by atoms with Crippen LogP contribution < -0.4 is 15.4 Å². The second-order valence-electron chi connectivity index (χ2n) is 4.58. The van der Waals surface area contributed by atoms with Crippen molar-refractivity contribution in [2.75, 3.05) is 32.2 Å². The number of aliphatic hydroxyl groups excluding tert-OH is 2. The maximum atomic E-state index is 11.8. The van der Waals surface area contributed by atoms with E-state index >= 15 is 0 Å². The fourth-order valence-corrected chi connectivity index (χ4v) is 1.68. The molecule has 0 radical (unpaired) electrons. The molecule has 1 aromatic carbocycles. The lowest BCUT2D eigenvalue weighted by molar-refractivity contribution is -0.116. The first-order valence-electron chi connectivity index (χ1n) is 6.50. The van der Waals surface area contributed by atoms with Crippen molar-refractivity contribution in [1.29, 1.82) is 0 Å². The van der Waals surface area contributed by atoms with Gasteiger partial charge in [0.2, 0.25) is 5.91 Å². The molecule has 0 bridgehead atoms. The highest BCUT2D eigenvalue weighted by Crippen LogP contribution is 2.16. The Balaban J connectivity index is 2.55. The summed E-state index contributed by atoms with van der Waals surface area (Å²) in [5.74, 6) is 0.405. The van der Waals surface area contributed by atoms with E-state index < -0.39 is 5.54 Å². The van der Waals surface area contributed by atoms with E-state index in [2.05, 4.69) is 10.6 Å². The van der Waals surface area contributed by atoms with E-state index in [1.165, 1.54) is 0 Å². The number of nitrogens with one attached hydrogen (secondary N) is 2. The number of anilines is 1. The van der Waals surface area contributed by atoms with Gasteiger partial charge in [-0.1, -0.05) is 13.0 Å². The van der Waals surface area contributed by atoms with Crippen molar-refractivity contribution in [3.05, 3.63) is 24.3 Å². The third-order valence-corrected chi connectivity index (χ3v) is 3.26. The Kier molecular flexibility index (Phi) is 6.44. The van der Waals surface area contributed by atoms with Crippen molar-refractivity contribution in [2.45, 2.75) is 18.9 Å². The number of rotatable bonds is 8. The Labute approximate surface area is 118 Å². The molecule has 1 aromatic rings. The summed E-state index contributed by atoms with van der Waals surface area (Å²) in [5, 5.41) is 24.2. The van der Waals surface area contributed by atoms with E-state index in [0.717, 1.165) is 0 Å². The van der Waals surface area contributed by atoms with E-state index in [4.69, 9.17) is 4.74 Å². The van der Waals surface area contributed by atoms with Gasteiger partial charge in [-0.25, -0.2) is 0 Å². The molecule has 0 aliphatic heterocycles. The molecule has 0 heterocycles. The molecular weight excluding hydrogens is 260 g/mol. The van der Waals surface area contributed by atoms with Crippen LogP contribution in [-0.4, -0.2) is 48.5 Å². The summed E-state index contributed by atoms with van der Waals surface area (Å²) in [7, 11) is 1.56. The van der Waals surface area contributed by atoms with Crippen LogP contribution in [0.15, 0.2) is 24.3 Å². The largest absolute Gasteiger partial charge is 0.497 e. The number of amides is 1. The van der Waals surface area contributed by atoms with Crippen LogP contribution in [-0.2, 0) is 4.79 Å². The molecule has 0 saturated heterocycles. The molecule has 4 N–H and O–H groups in total. The molecule has 1 rings (SSSR count). The Morgan fingerprint density at radius 2 is 2.05 bits per heavy atom. The number of hydrogen-bond acceptors (Lipinski definition) is 5. The maximum Gasteiger partial charge on any atom is 0.238 e. The molecule has 6 nitrogen and oxygen atoms in total. The number of carbonyl (C=O) groups excluding carboxylic acids is 1. The first-order valence-corrected chi connectivity index (χ1v) is 6.50. The van der Waals surface area contributed by atoms with E-state index in [0.29, 0.717) is 17.9 Å². The SMILES string of the molecule is CCC(CO)(CO)NCC(=O)Nc1cccc(OC)c1. The Morgan fingerprint density at radius 3 is 2.60 bits per heavy atom. The van der Waals surface area contributed by atoms with Crippen LogP contribution in [0.3, 0.4) is 0 Å². The number of ether oxygens (including phenoxy) is 1. The van der Waals surface area contributed by atoms with E-state index in [1.54, 1.807) is 31.4 Å². The number of aliphatic hydroxyl groups is 2. The average molecular weight is 282 g/mol. The molecule has 0 aliphatic carbocycles. The predicted molar refractivity (Wildman–Crippen MR) is 76.8 cm³/mol. The van der Waals surface area contributed by atoms with Gasteiger partial charge in [0.15, 0.2) is 0 Å². The van der Waals surface area contributed by atoms with Gasteiger partial charge in [0.1, 0.15) is 5.75 Å². The van der Waals surface area contributed by atoms with Crippen LogP contribution in [0.1, 0.15) is 13.3 Å². The topological polar surface area (TPSA) is 90.8 Å². The van der Waals surface area contributed by atoms with Crippen LogP contribution in [0, 0.1) is 0 Å². The maximum absolute atomic E-state index is 11.8. The van der Waals surface area contributed by atoms with Gasteiger partial charge < -0.3 is 20.3 Å². The van der Waals surface area contributed by atoms with E-state index in [-0.39, 0.29) is 25.7 Å². The molecule has 0 aromatic heterocycles. The van der Waals surface area contributed by atoms with Crippen molar-refractivity contribution in [3.63, 3.8) is 0 Å². The first kappa shape index (κ1) is 16.4. The lowest BCUT2D eigenvalue weighted by Gasteiger charge is -2.29. The van der Waals surface area contributed by atoms with Gasteiger partial charge in [-0.05, 0) is 18.6 Å². The van der Waals surface area contributed by atoms with Crippen LogP contribution in [0.5, 0.6) is 5.75 Å². The number of hydrogen-bond donors (Lipinski definition) is 4. The second kappa shape index (κ2) is 7.84. The van der Waals surface area contributed by atoms with Gasteiger partial charge in [-0.3, -0.25) is 10.1 Å². The first-order chi connectivity index (χ1) is 9.59. The van der Waals surface area contributed by atoms with Crippen molar-refractivity contribution in [3.8, 4) is 5.75 Å². The summed E-state index contributed by atoms with van der Waals surface area (Å²) in [6, 6.07) is 7.03. The van der Waals surface area contributed by atoms with Gasteiger partial charge in [-0.15, -0.1) is 0 Å². The molecule has 0 aliphatic rings. The molecule has 0 unspecified atom stereocenters. The zero-order valence-corrected chi connectivity index (χ0v) is 11.8. The van der Waals surface area contributed by atoms with Crippen LogP contribution in [0.2, 0.25) is 0 Å². The zero-order valence-electron chi connectivity index (χ0n) is 11.8. The third kappa shape index (κ3) is 4.48. The minimum Gasteiger partial charge on any atom is -0.497 e. The number of carbonyl (C=O) groups is 1. The van der Waals surface area contributed by atoms with Crippen molar-refractivity contribution >= 4 is 11.6 Å². The van der Waals surface area contributed by atoms with Gasteiger partial charge in [0, 0.05) is 11.8 Å². The molecule has 0 fully saturated rings. The lowest BCUT2D eigenvalue weighted by Crippen LogP contribution is -2.53. The smallest absolute Gasteiger partial charge is 0.238 e. The summed E-state index contributed by atoms with van der Waals surface area (Å²) in [6.45, 7) is 1.38. The van der Waals surface area contributed by atoms with Gasteiger partial charge in [-0.2, -0.15) is 0 Å². The Morgan fingerprint density at radius 1 is 1.35 bits per heavy atom. The Hall–Kier alpha value is -1.63. The fraction of sp³-hybridized carbons (Fsp3) is 0.500. The third-order valence-electron chi connectivity index (χ3n) is 3.26.